The lowest BCUT2D eigenvalue weighted by molar-refractivity contribution is -0.132. The molecule has 188 valence electrons. The number of fused-ring (bicyclic) bond motifs is 2. The molecule has 0 saturated carbocycles. The Morgan fingerprint density at radius 3 is 2.49 bits per heavy atom. The molecule has 3 aliphatic rings. The first-order valence-corrected chi connectivity index (χ1v) is 11.9. The van der Waals surface area contributed by atoms with E-state index in [2.05, 4.69) is 0 Å². The highest BCUT2D eigenvalue weighted by atomic mass is 16.7. The number of carbonyl (C=O) groups excluding carboxylic acids is 2. The van der Waals surface area contributed by atoms with E-state index in [1.165, 1.54) is 4.90 Å². The van der Waals surface area contributed by atoms with Crippen molar-refractivity contribution in [3.63, 3.8) is 0 Å². The Morgan fingerprint density at radius 2 is 1.65 bits per heavy atom. The van der Waals surface area contributed by atoms with Crippen LogP contribution < -0.4 is 28.6 Å². The van der Waals surface area contributed by atoms with E-state index in [9.17, 15) is 14.7 Å². The minimum Gasteiger partial charge on any atom is -0.507 e. The number of rotatable bonds is 5. The number of nitrogens with zero attached hydrogens (tertiary/aromatic N) is 1. The zero-order valence-electron chi connectivity index (χ0n) is 19.9. The van der Waals surface area contributed by atoms with Gasteiger partial charge in [-0.2, -0.15) is 0 Å². The number of anilines is 1. The Balaban J connectivity index is 1.52. The number of aliphatic hydroxyl groups is 1. The van der Waals surface area contributed by atoms with Crippen LogP contribution in [0.4, 0.5) is 5.69 Å². The van der Waals surface area contributed by atoms with Gasteiger partial charge in [-0.15, -0.1) is 0 Å². The summed E-state index contributed by atoms with van der Waals surface area (Å²) < 4.78 is 27.8. The second-order valence-corrected chi connectivity index (χ2v) is 8.57. The van der Waals surface area contributed by atoms with Crippen molar-refractivity contribution in [3.8, 4) is 28.7 Å². The Hall–Kier alpha value is -4.66. The zero-order valence-corrected chi connectivity index (χ0v) is 19.9. The van der Waals surface area contributed by atoms with Crippen LogP contribution in [0.5, 0.6) is 28.7 Å². The van der Waals surface area contributed by atoms with Crippen LogP contribution in [0.3, 0.4) is 0 Å². The van der Waals surface area contributed by atoms with Gasteiger partial charge in [0.05, 0.1) is 18.2 Å². The first kappa shape index (κ1) is 22.8. The number of benzene rings is 3. The van der Waals surface area contributed by atoms with Gasteiger partial charge in [-0.3, -0.25) is 14.5 Å². The number of hydrogen-bond acceptors (Lipinski definition) is 8. The van der Waals surface area contributed by atoms with Gasteiger partial charge < -0.3 is 28.8 Å². The summed E-state index contributed by atoms with van der Waals surface area (Å²) in [5, 5.41) is 11.4. The summed E-state index contributed by atoms with van der Waals surface area (Å²) in [5.41, 5.74) is 1.31. The highest BCUT2D eigenvalue weighted by Crippen LogP contribution is 2.46. The van der Waals surface area contributed by atoms with Gasteiger partial charge in [0.15, 0.2) is 23.0 Å². The van der Waals surface area contributed by atoms with E-state index in [1.54, 1.807) is 60.7 Å². The number of ether oxygens (including phenoxy) is 5. The van der Waals surface area contributed by atoms with E-state index in [-0.39, 0.29) is 18.1 Å². The fraction of sp³-hybridized carbons (Fsp3) is 0.214. The van der Waals surface area contributed by atoms with Gasteiger partial charge in [0.25, 0.3) is 11.7 Å². The molecule has 1 unspecified atom stereocenters. The van der Waals surface area contributed by atoms with E-state index >= 15 is 0 Å². The van der Waals surface area contributed by atoms with Gasteiger partial charge >= 0.3 is 0 Å². The van der Waals surface area contributed by atoms with Crippen molar-refractivity contribution in [1.82, 2.24) is 0 Å². The SMILES string of the molecule is CCOc1cccc(C2/C(=C(/O)c3ccc4c(c3)OCCO4)C(=O)C(=O)N2c2ccc3c(c2)OCO3)c1. The second kappa shape index (κ2) is 9.09. The average Bonchev–Trinajstić information content (AvgIpc) is 3.50. The summed E-state index contributed by atoms with van der Waals surface area (Å²) in [5.74, 6) is 0.696. The monoisotopic (exact) mass is 501 g/mol. The number of Topliss-reactive ketones (excluding diaryl/α,β-unsaturated/α-hetero) is 1. The fourth-order valence-corrected chi connectivity index (χ4v) is 4.74. The predicted octanol–water partition coefficient (Wildman–Crippen LogP) is 4.21. The molecule has 0 aliphatic carbocycles. The van der Waals surface area contributed by atoms with Crippen LogP contribution in [0.15, 0.2) is 66.2 Å². The van der Waals surface area contributed by atoms with Gasteiger partial charge in [-0.25, -0.2) is 0 Å². The molecule has 0 spiro atoms. The smallest absolute Gasteiger partial charge is 0.300 e. The first-order valence-electron chi connectivity index (χ1n) is 11.9. The molecule has 1 atom stereocenters. The molecule has 6 rings (SSSR count). The summed E-state index contributed by atoms with van der Waals surface area (Å²) in [7, 11) is 0. The summed E-state index contributed by atoms with van der Waals surface area (Å²) in [4.78, 5) is 28.3. The van der Waals surface area contributed by atoms with Crippen molar-refractivity contribution in [2.75, 3.05) is 31.5 Å². The van der Waals surface area contributed by atoms with Gasteiger partial charge in [-0.1, -0.05) is 12.1 Å². The van der Waals surface area contributed by atoms with Crippen molar-refractivity contribution < 1.29 is 38.4 Å². The lowest BCUT2D eigenvalue weighted by Crippen LogP contribution is -2.29. The van der Waals surface area contributed by atoms with Crippen molar-refractivity contribution in [2.45, 2.75) is 13.0 Å². The maximum atomic E-state index is 13.5. The molecule has 9 heteroatoms. The molecule has 0 radical (unpaired) electrons. The lowest BCUT2D eigenvalue weighted by atomic mass is 9.94. The third kappa shape index (κ3) is 3.88. The zero-order chi connectivity index (χ0) is 25.5. The quantitative estimate of drug-likeness (QED) is 0.315. The molecule has 1 amide bonds. The second-order valence-electron chi connectivity index (χ2n) is 8.57. The number of amides is 1. The number of hydrogen-bond donors (Lipinski definition) is 1. The maximum absolute atomic E-state index is 13.5. The van der Waals surface area contributed by atoms with Gasteiger partial charge in [-0.05, 0) is 55.0 Å². The largest absolute Gasteiger partial charge is 0.507 e. The topological polar surface area (TPSA) is 104 Å². The molecule has 1 N–H and O–H groups in total. The molecule has 1 saturated heterocycles. The molecule has 1 fully saturated rings. The van der Waals surface area contributed by atoms with Gasteiger partial charge in [0, 0.05) is 17.3 Å². The Kier molecular flexibility index (Phi) is 5.60. The van der Waals surface area contributed by atoms with E-state index < -0.39 is 17.7 Å². The van der Waals surface area contributed by atoms with E-state index in [1.807, 2.05) is 6.92 Å². The summed E-state index contributed by atoms with van der Waals surface area (Å²) >= 11 is 0. The van der Waals surface area contributed by atoms with Crippen LogP contribution >= 0.6 is 0 Å². The fourth-order valence-electron chi connectivity index (χ4n) is 4.74. The first-order chi connectivity index (χ1) is 18.0. The molecule has 3 aromatic rings. The standard InChI is InChI=1S/C28H23NO8/c1-2-33-19-5-3-4-16(12-19)25-24(26(30)17-6-8-20-22(13-17)35-11-10-34-20)27(31)28(32)29(25)18-7-9-21-23(14-18)37-15-36-21/h3-9,12-14,25,30H,2,10-11,15H2,1H3/b26-24-. The number of aliphatic hydroxyl groups excluding tert-OH is 1. The lowest BCUT2D eigenvalue weighted by Gasteiger charge is -2.26. The molecular formula is C28H23NO8. The van der Waals surface area contributed by atoms with Gasteiger partial charge in [0.1, 0.15) is 24.7 Å². The van der Waals surface area contributed by atoms with Crippen LogP contribution in [0, 0.1) is 0 Å². The molecule has 3 heterocycles. The van der Waals surface area contributed by atoms with E-state index in [0.717, 1.165) is 0 Å². The summed E-state index contributed by atoms with van der Waals surface area (Å²) in [6, 6.07) is 16.1. The third-order valence-electron chi connectivity index (χ3n) is 6.38. The molecular weight excluding hydrogens is 478 g/mol. The summed E-state index contributed by atoms with van der Waals surface area (Å²) in [6.07, 6.45) is 0. The highest BCUT2D eigenvalue weighted by Gasteiger charge is 2.47. The molecule has 9 nitrogen and oxygen atoms in total. The normalized spacial score (nSPS) is 19.3. The minimum atomic E-state index is -0.922. The minimum absolute atomic E-state index is 0.0482. The number of ketones is 1. The van der Waals surface area contributed by atoms with Crippen LogP contribution in [-0.4, -0.2) is 43.4 Å². The Morgan fingerprint density at radius 1 is 0.919 bits per heavy atom. The van der Waals surface area contributed by atoms with Crippen LogP contribution in [0.25, 0.3) is 5.76 Å². The van der Waals surface area contributed by atoms with Crippen molar-refractivity contribution in [1.29, 1.82) is 0 Å². The van der Waals surface area contributed by atoms with E-state index in [0.29, 0.717) is 65.4 Å². The molecule has 37 heavy (non-hydrogen) atoms. The van der Waals surface area contributed by atoms with Crippen LogP contribution in [-0.2, 0) is 9.59 Å². The van der Waals surface area contributed by atoms with Crippen molar-refractivity contribution in [2.24, 2.45) is 0 Å². The van der Waals surface area contributed by atoms with Gasteiger partial charge in [0.2, 0.25) is 6.79 Å². The molecule has 0 bridgehead atoms. The Bertz CT molecular complexity index is 1450. The molecule has 3 aromatic carbocycles. The number of carbonyl (C=O) groups is 2. The third-order valence-corrected chi connectivity index (χ3v) is 6.38. The van der Waals surface area contributed by atoms with Crippen LogP contribution in [0.2, 0.25) is 0 Å². The van der Waals surface area contributed by atoms with Crippen molar-refractivity contribution >= 4 is 23.1 Å². The molecule has 3 aliphatic heterocycles. The van der Waals surface area contributed by atoms with Crippen LogP contribution in [0.1, 0.15) is 24.1 Å². The average molecular weight is 501 g/mol. The Labute approximate surface area is 212 Å². The molecule has 0 aromatic heterocycles. The van der Waals surface area contributed by atoms with Crippen molar-refractivity contribution in [3.05, 3.63) is 77.4 Å². The van der Waals surface area contributed by atoms with E-state index in [4.69, 9.17) is 23.7 Å². The maximum Gasteiger partial charge on any atom is 0.300 e. The predicted molar refractivity (Wildman–Crippen MR) is 132 cm³/mol. The highest BCUT2D eigenvalue weighted by molar-refractivity contribution is 6.51. The summed E-state index contributed by atoms with van der Waals surface area (Å²) in [6.45, 7) is 3.18.